The van der Waals surface area contributed by atoms with Gasteiger partial charge in [-0.2, -0.15) is 0 Å². The molecule has 0 saturated heterocycles. The molecule has 1 aliphatic carbocycles. The van der Waals surface area contributed by atoms with Gasteiger partial charge >= 0.3 is 12.3 Å². The van der Waals surface area contributed by atoms with Crippen molar-refractivity contribution in [1.82, 2.24) is 0 Å². The third-order valence-corrected chi connectivity index (χ3v) is 5.17. The first kappa shape index (κ1) is 21.0. The fourth-order valence-electron chi connectivity index (χ4n) is 3.57. The molecule has 4 nitrogen and oxygen atoms in total. The van der Waals surface area contributed by atoms with Crippen LogP contribution in [0.15, 0.2) is 48.5 Å². The Labute approximate surface area is 167 Å². The molecule has 2 aromatic rings. The number of carbonyl (C=O) groups excluding carboxylic acids is 1. The highest BCUT2D eigenvalue weighted by molar-refractivity contribution is 5.91. The van der Waals surface area contributed by atoms with Crippen LogP contribution in [0.2, 0.25) is 0 Å². The van der Waals surface area contributed by atoms with Crippen LogP contribution in [-0.2, 0) is 0 Å². The average Bonchev–Trinajstić information content (AvgIpc) is 3.13. The standard InChI is InChI=1S/C22H23F3O4/c1-15(2)21(12-6-7-13-21)28-19-14-16(10-11-18(19)29-22(23,24)25)20(26)27-17-8-4-3-5-9-17/h3-5,8-11,14-15H,6-7,12-13H2,1-2H3. The van der Waals surface area contributed by atoms with Crippen molar-refractivity contribution >= 4 is 5.97 Å². The van der Waals surface area contributed by atoms with Crippen LogP contribution in [-0.4, -0.2) is 17.9 Å². The van der Waals surface area contributed by atoms with E-state index in [0.717, 1.165) is 31.7 Å². The molecular weight excluding hydrogens is 385 g/mol. The third kappa shape index (κ3) is 5.22. The first-order valence-electron chi connectivity index (χ1n) is 9.55. The van der Waals surface area contributed by atoms with E-state index in [4.69, 9.17) is 9.47 Å². The highest BCUT2D eigenvalue weighted by atomic mass is 19.4. The zero-order valence-electron chi connectivity index (χ0n) is 16.3. The normalized spacial score (nSPS) is 15.9. The summed E-state index contributed by atoms with van der Waals surface area (Å²) in [5, 5.41) is 0. The smallest absolute Gasteiger partial charge is 0.483 e. The van der Waals surface area contributed by atoms with Crippen LogP contribution in [0.25, 0.3) is 0 Å². The molecule has 156 valence electrons. The molecule has 2 aromatic carbocycles. The summed E-state index contributed by atoms with van der Waals surface area (Å²) in [7, 11) is 0. The van der Waals surface area contributed by atoms with Crippen LogP contribution in [0.4, 0.5) is 13.2 Å². The second kappa shape index (κ2) is 8.35. The molecule has 29 heavy (non-hydrogen) atoms. The Morgan fingerprint density at radius 2 is 1.66 bits per heavy atom. The Balaban J connectivity index is 1.92. The lowest BCUT2D eigenvalue weighted by Crippen LogP contribution is -2.38. The maximum Gasteiger partial charge on any atom is 0.573 e. The number of hydrogen-bond acceptors (Lipinski definition) is 4. The first-order valence-corrected chi connectivity index (χ1v) is 9.55. The fourth-order valence-corrected chi connectivity index (χ4v) is 3.57. The van der Waals surface area contributed by atoms with E-state index >= 15 is 0 Å². The molecule has 0 aromatic heterocycles. The van der Waals surface area contributed by atoms with Gasteiger partial charge in [-0.05, 0) is 61.9 Å². The monoisotopic (exact) mass is 408 g/mol. The summed E-state index contributed by atoms with van der Waals surface area (Å²) < 4.78 is 54.1. The van der Waals surface area contributed by atoms with E-state index < -0.39 is 23.7 Å². The molecule has 0 atom stereocenters. The Hall–Kier alpha value is -2.70. The number of rotatable bonds is 6. The lowest BCUT2D eigenvalue weighted by atomic mass is 9.88. The summed E-state index contributed by atoms with van der Waals surface area (Å²) >= 11 is 0. The fraction of sp³-hybridized carbons (Fsp3) is 0.409. The van der Waals surface area contributed by atoms with Gasteiger partial charge in [-0.25, -0.2) is 4.79 Å². The molecule has 0 amide bonds. The van der Waals surface area contributed by atoms with Crippen molar-refractivity contribution < 1.29 is 32.2 Å². The minimum Gasteiger partial charge on any atom is -0.483 e. The molecule has 3 rings (SSSR count). The van der Waals surface area contributed by atoms with Gasteiger partial charge in [-0.1, -0.05) is 32.0 Å². The van der Waals surface area contributed by atoms with Gasteiger partial charge in [-0.15, -0.1) is 13.2 Å². The van der Waals surface area contributed by atoms with E-state index in [9.17, 15) is 18.0 Å². The zero-order valence-corrected chi connectivity index (χ0v) is 16.3. The molecule has 0 bridgehead atoms. The number of para-hydroxylation sites is 1. The summed E-state index contributed by atoms with van der Waals surface area (Å²) in [5.74, 6) is -0.848. The molecule has 1 aliphatic rings. The van der Waals surface area contributed by atoms with Gasteiger partial charge < -0.3 is 14.2 Å². The largest absolute Gasteiger partial charge is 0.573 e. The Kier molecular flexibility index (Phi) is 6.05. The van der Waals surface area contributed by atoms with E-state index in [1.54, 1.807) is 30.3 Å². The van der Waals surface area contributed by atoms with Crippen molar-refractivity contribution in [3.63, 3.8) is 0 Å². The van der Waals surface area contributed by atoms with Gasteiger partial charge in [0, 0.05) is 0 Å². The van der Waals surface area contributed by atoms with E-state index in [1.807, 2.05) is 13.8 Å². The summed E-state index contributed by atoms with van der Waals surface area (Å²) in [4.78, 5) is 12.5. The predicted octanol–water partition coefficient (Wildman–Crippen LogP) is 6.15. The van der Waals surface area contributed by atoms with Crippen molar-refractivity contribution in [3.8, 4) is 17.2 Å². The van der Waals surface area contributed by atoms with Gasteiger partial charge in [0.05, 0.1) is 5.56 Å². The quantitative estimate of drug-likeness (QED) is 0.425. The maximum absolute atomic E-state index is 12.9. The first-order chi connectivity index (χ1) is 13.7. The SMILES string of the molecule is CC(C)C1(Oc2cc(C(=O)Oc3ccccc3)ccc2OC(F)(F)F)CCCC1. The molecule has 0 unspecified atom stereocenters. The second-order valence-electron chi connectivity index (χ2n) is 7.44. The highest BCUT2D eigenvalue weighted by Crippen LogP contribution is 2.43. The van der Waals surface area contributed by atoms with Crippen LogP contribution >= 0.6 is 0 Å². The van der Waals surface area contributed by atoms with Crippen molar-refractivity contribution in [2.75, 3.05) is 0 Å². The van der Waals surface area contributed by atoms with Crippen molar-refractivity contribution in [3.05, 3.63) is 54.1 Å². The number of esters is 1. The lowest BCUT2D eigenvalue weighted by molar-refractivity contribution is -0.275. The Morgan fingerprint density at radius 1 is 1.00 bits per heavy atom. The van der Waals surface area contributed by atoms with E-state index in [2.05, 4.69) is 4.74 Å². The molecule has 0 aliphatic heterocycles. The predicted molar refractivity (Wildman–Crippen MR) is 101 cm³/mol. The highest BCUT2D eigenvalue weighted by Gasteiger charge is 2.41. The lowest BCUT2D eigenvalue weighted by Gasteiger charge is -2.35. The number of halogens is 3. The van der Waals surface area contributed by atoms with Gasteiger partial charge in [0.15, 0.2) is 11.5 Å². The molecular formula is C22H23F3O4. The van der Waals surface area contributed by atoms with E-state index in [1.165, 1.54) is 12.1 Å². The number of ether oxygens (including phenoxy) is 3. The Bertz CT molecular complexity index is 841. The van der Waals surface area contributed by atoms with Crippen LogP contribution in [0, 0.1) is 5.92 Å². The van der Waals surface area contributed by atoms with Crippen molar-refractivity contribution in [1.29, 1.82) is 0 Å². The summed E-state index contributed by atoms with van der Waals surface area (Å²) in [6, 6.07) is 12.0. The van der Waals surface area contributed by atoms with Gasteiger partial charge in [0.2, 0.25) is 0 Å². The van der Waals surface area contributed by atoms with Crippen LogP contribution < -0.4 is 14.2 Å². The zero-order chi connectivity index (χ0) is 21.1. The molecule has 7 heteroatoms. The summed E-state index contributed by atoms with van der Waals surface area (Å²) in [6.45, 7) is 3.95. The number of benzene rings is 2. The number of carbonyl (C=O) groups is 1. The molecule has 0 heterocycles. The minimum atomic E-state index is -4.87. The average molecular weight is 408 g/mol. The van der Waals surface area contributed by atoms with Crippen LogP contribution in [0.5, 0.6) is 17.2 Å². The van der Waals surface area contributed by atoms with Gasteiger partial charge in [0.1, 0.15) is 11.4 Å². The van der Waals surface area contributed by atoms with Crippen LogP contribution in [0.1, 0.15) is 49.9 Å². The number of hydrogen-bond donors (Lipinski definition) is 0. The maximum atomic E-state index is 12.9. The van der Waals surface area contributed by atoms with Gasteiger partial charge in [-0.3, -0.25) is 0 Å². The van der Waals surface area contributed by atoms with E-state index in [-0.39, 0.29) is 17.2 Å². The molecule has 0 N–H and O–H groups in total. The molecule has 0 spiro atoms. The summed E-state index contributed by atoms with van der Waals surface area (Å²) in [5.41, 5.74) is -0.513. The van der Waals surface area contributed by atoms with Crippen molar-refractivity contribution in [2.24, 2.45) is 5.92 Å². The molecule has 0 radical (unpaired) electrons. The summed E-state index contributed by atoms with van der Waals surface area (Å²) in [6.07, 6.45) is -1.54. The molecule has 1 fully saturated rings. The number of alkyl halides is 3. The van der Waals surface area contributed by atoms with E-state index in [0.29, 0.717) is 5.75 Å². The van der Waals surface area contributed by atoms with Crippen LogP contribution in [0.3, 0.4) is 0 Å². The van der Waals surface area contributed by atoms with Gasteiger partial charge in [0.25, 0.3) is 0 Å². The topological polar surface area (TPSA) is 44.8 Å². The minimum absolute atomic E-state index is 0.0790. The molecule has 1 saturated carbocycles. The van der Waals surface area contributed by atoms with Crippen molar-refractivity contribution in [2.45, 2.75) is 51.5 Å². The third-order valence-electron chi connectivity index (χ3n) is 5.17. The second-order valence-corrected chi connectivity index (χ2v) is 7.44. The Morgan fingerprint density at radius 3 is 2.24 bits per heavy atom.